The second kappa shape index (κ2) is 7.53. The Morgan fingerprint density at radius 2 is 1.91 bits per heavy atom. The molecule has 22 heavy (non-hydrogen) atoms. The van der Waals surface area contributed by atoms with Crippen molar-refractivity contribution in [3.63, 3.8) is 0 Å². The molecule has 3 rings (SSSR count). The zero-order valence-electron chi connectivity index (χ0n) is 13.3. The van der Waals surface area contributed by atoms with Crippen LogP contribution in [0.1, 0.15) is 37.7 Å². The summed E-state index contributed by atoms with van der Waals surface area (Å²) in [5.74, 6) is -0.112. The fraction of sp³-hybridized carbons (Fsp3) is 0.667. The molecule has 0 radical (unpaired) electrons. The summed E-state index contributed by atoms with van der Waals surface area (Å²) in [5.41, 5.74) is 0.777. The van der Waals surface area contributed by atoms with Crippen molar-refractivity contribution in [2.24, 2.45) is 0 Å². The standard InChI is InChI=1S/C18H27FN2O/c19-18-8-4-1-5-15(18)13-20-10-11-21(16-6-2-3-7-16)17(14-20)9-12-22/h1,4-5,8,16-17,22H,2-3,6-7,9-14H2/t17-/m1/s1. The maximum atomic E-state index is 13.8. The number of benzene rings is 1. The molecule has 2 fully saturated rings. The first-order valence-corrected chi connectivity index (χ1v) is 8.60. The molecule has 1 aliphatic carbocycles. The molecule has 1 aliphatic heterocycles. The Hall–Kier alpha value is -0.970. The second-order valence-electron chi connectivity index (χ2n) is 6.67. The second-order valence-corrected chi connectivity index (χ2v) is 6.67. The minimum absolute atomic E-state index is 0.112. The highest BCUT2D eigenvalue weighted by Gasteiger charge is 2.33. The van der Waals surface area contributed by atoms with Gasteiger partial charge in [-0.2, -0.15) is 0 Å². The lowest BCUT2D eigenvalue weighted by molar-refractivity contribution is 0.0263. The van der Waals surface area contributed by atoms with Gasteiger partial charge in [-0.05, 0) is 25.3 Å². The highest BCUT2D eigenvalue weighted by molar-refractivity contribution is 5.17. The minimum atomic E-state index is -0.112. The van der Waals surface area contributed by atoms with E-state index in [0.29, 0.717) is 18.6 Å². The van der Waals surface area contributed by atoms with Crippen LogP contribution in [0.3, 0.4) is 0 Å². The maximum absolute atomic E-state index is 13.8. The number of aliphatic hydroxyl groups excluding tert-OH is 1. The molecule has 1 saturated heterocycles. The number of rotatable bonds is 5. The predicted molar refractivity (Wildman–Crippen MR) is 86.1 cm³/mol. The molecule has 1 N–H and O–H groups in total. The van der Waals surface area contributed by atoms with Gasteiger partial charge in [0.1, 0.15) is 5.82 Å². The average molecular weight is 306 g/mol. The first-order valence-electron chi connectivity index (χ1n) is 8.60. The van der Waals surface area contributed by atoms with Gasteiger partial charge in [0.05, 0.1) is 0 Å². The number of nitrogens with zero attached hydrogens (tertiary/aromatic N) is 2. The molecule has 122 valence electrons. The summed E-state index contributed by atoms with van der Waals surface area (Å²) >= 11 is 0. The van der Waals surface area contributed by atoms with Gasteiger partial charge in [-0.25, -0.2) is 4.39 Å². The van der Waals surface area contributed by atoms with Crippen LogP contribution in [0.2, 0.25) is 0 Å². The largest absolute Gasteiger partial charge is 0.396 e. The van der Waals surface area contributed by atoms with Gasteiger partial charge in [0.15, 0.2) is 0 Å². The van der Waals surface area contributed by atoms with Crippen LogP contribution in [0.5, 0.6) is 0 Å². The molecule has 0 bridgehead atoms. The third kappa shape index (κ3) is 3.67. The molecule has 1 aromatic rings. The smallest absolute Gasteiger partial charge is 0.127 e. The van der Waals surface area contributed by atoms with Gasteiger partial charge in [-0.1, -0.05) is 31.0 Å². The van der Waals surface area contributed by atoms with Crippen molar-refractivity contribution in [1.29, 1.82) is 0 Å². The highest BCUT2D eigenvalue weighted by atomic mass is 19.1. The van der Waals surface area contributed by atoms with Crippen LogP contribution in [0.15, 0.2) is 24.3 Å². The van der Waals surface area contributed by atoms with Gasteiger partial charge in [-0.15, -0.1) is 0 Å². The van der Waals surface area contributed by atoms with Gasteiger partial charge < -0.3 is 5.11 Å². The fourth-order valence-corrected chi connectivity index (χ4v) is 4.07. The Morgan fingerprint density at radius 1 is 1.14 bits per heavy atom. The van der Waals surface area contributed by atoms with Crippen molar-refractivity contribution in [3.8, 4) is 0 Å². The van der Waals surface area contributed by atoms with Gasteiger partial charge >= 0.3 is 0 Å². The number of halogens is 1. The Kier molecular flexibility index (Phi) is 5.45. The molecule has 1 aromatic carbocycles. The number of hydrogen-bond donors (Lipinski definition) is 1. The third-order valence-electron chi connectivity index (χ3n) is 5.22. The lowest BCUT2D eigenvalue weighted by Gasteiger charge is -2.44. The predicted octanol–water partition coefficient (Wildman–Crippen LogP) is 2.64. The van der Waals surface area contributed by atoms with E-state index in [1.807, 2.05) is 12.1 Å². The normalized spacial score (nSPS) is 24.9. The van der Waals surface area contributed by atoms with E-state index in [1.54, 1.807) is 6.07 Å². The van der Waals surface area contributed by atoms with E-state index in [4.69, 9.17) is 0 Å². The molecule has 3 nitrogen and oxygen atoms in total. The monoisotopic (exact) mass is 306 g/mol. The van der Waals surface area contributed by atoms with Crippen LogP contribution >= 0.6 is 0 Å². The van der Waals surface area contributed by atoms with Crippen molar-refractivity contribution in [1.82, 2.24) is 9.80 Å². The lowest BCUT2D eigenvalue weighted by Crippen LogP contribution is -2.56. The van der Waals surface area contributed by atoms with Crippen molar-refractivity contribution in [2.45, 2.75) is 50.7 Å². The van der Waals surface area contributed by atoms with E-state index in [2.05, 4.69) is 9.80 Å². The Bertz CT molecular complexity index is 476. The SMILES string of the molecule is OCC[C@@H]1CN(Cc2ccccc2F)CCN1C1CCCC1. The molecule has 2 aliphatic rings. The zero-order chi connectivity index (χ0) is 15.4. The van der Waals surface area contributed by atoms with E-state index in [0.717, 1.165) is 31.6 Å². The van der Waals surface area contributed by atoms with Gasteiger partial charge in [-0.3, -0.25) is 9.80 Å². The summed E-state index contributed by atoms with van der Waals surface area (Å²) in [4.78, 5) is 4.95. The zero-order valence-corrected chi connectivity index (χ0v) is 13.3. The average Bonchev–Trinajstić information content (AvgIpc) is 3.04. The van der Waals surface area contributed by atoms with Crippen LogP contribution in [-0.2, 0) is 6.54 Å². The summed E-state index contributed by atoms with van der Waals surface area (Å²) in [6.07, 6.45) is 6.10. The molecular weight excluding hydrogens is 279 g/mol. The van der Waals surface area contributed by atoms with E-state index < -0.39 is 0 Å². The molecule has 1 heterocycles. The number of hydrogen-bond acceptors (Lipinski definition) is 3. The molecule has 0 unspecified atom stereocenters. The Morgan fingerprint density at radius 3 is 2.64 bits per heavy atom. The van der Waals surface area contributed by atoms with Crippen LogP contribution in [0.25, 0.3) is 0 Å². The molecule has 0 spiro atoms. The van der Waals surface area contributed by atoms with Crippen molar-refractivity contribution in [2.75, 3.05) is 26.2 Å². The summed E-state index contributed by atoms with van der Waals surface area (Å²) in [6, 6.07) is 8.17. The number of piperazine rings is 1. The Labute approximate surface area is 132 Å². The van der Waals surface area contributed by atoms with Crippen LogP contribution in [-0.4, -0.2) is 53.2 Å². The van der Waals surface area contributed by atoms with Crippen molar-refractivity contribution >= 4 is 0 Å². The van der Waals surface area contributed by atoms with E-state index in [-0.39, 0.29) is 12.4 Å². The molecule has 1 atom stereocenters. The third-order valence-corrected chi connectivity index (χ3v) is 5.22. The van der Waals surface area contributed by atoms with Crippen LogP contribution < -0.4 is 0 Å². The first-order chi connectivity index (χ1) is 10.8. The van der Waals surface area contributed by atoms with E-state index in [9.17, 15) is 9.50 Å². The fourth-order valence-electron chi connectivity index (χ4n) is 4.07. The quantitative estimate of drug-likeness (QED) is 0.906. The van der Waals surface area contributed by atoms with Gasteiger partial charge in [0.2, 0.25) is 0 Å². The molecular formula is C18H27FN2O. The van der Waals surface area contributed by atoms with Crippen LogP contribution in [0.4, 0.5) is 4.39 Å². The molecule has 0 aromatic heterocycles. The topological polar surface area (TPSA) is 26.7 Å². The molecule has 4 heteroatoms. The summed E-state index contributed by atoms with van der Waals surface area (Å²) in [6.45, 7) is 3.89. The minimum Gasteiger partial charge on any atom is -0.396 e. The lowest BCUT2D eigenvalue weighted by atomic mass is 10.0. The Balaban J connectivity index is 1.63. The van der Waals surface area contributed by atoms with Gasteiger partial charge in [0.25, 0.3) is 0 Å². The maximum Gasteiger partial charge on any atom is 0.127 e. The van der Waals surface area contributed by atoms with Gasteiger partial charge in [0, 0.05) is 50.4 Å². The van der Waals surface area contributed by atoms with Crippen molar-refractivity contribution < 1.29 is 9.50 Å². The first kappa shape index (κ1) is 15.9. The summed E-state index contributed by atoms with van der Waals surface area (Å²) < 4.78 is 13.8. The number of aliphatic hydroxyl groups is 1. The van der Waals surface area contributed by atoms with Crippen molar-refractivity contribution in [3.05, 3.63) is 35.6 Å². The van der Waals surface area contributed by atoms with E-state index >= 15 is 0 Å². The molecule has 1 saturated carbocycles. The summed E-state index contributed by atoms with van der Waals surface area (Å²) in [7, 11) is 0. The summed E-state index contributed by atoms with van der Waals surface area (Å²) in [5, 5.41) is 9.39. The van der Waals surface area contributed by atoms with Crippen LogP contribution in [0, 0.1) is 5.82 Å². The van der Waals surface area contributed by atoms with E-state index in [1.165, 1.54) is 31.7 Å². The highest BCUT2D eigenvalue weighted by Crippen LogP contribution is 2.28. The molecule has 0 amide bonds.